The lowest BCUT2D eigenvalue weighted by atomic mass is 9.86. The van der Waals surface area contributed by atoms with Crippen LogP contribution in [-0.4, -0.2) is 46.7 Å². The smallest absolute Gasteiger partial charge is 0.261 e. The maximum atomic E-state index is 13.1. The second kappa shape index (κ2) is 6.87. The molecule has 1 aromatic rings. The molecule has 2 heterocycles. The summed E-state index contributed by atoms with van der Waals surface area (Å²) in [7, 11) is 0. The molecule has 0 bridgehead atoms. The number of benzene rings is 1. The lowest BCUT2D eigenvalue weighted by molar-refractivity contribution is 0.0548. The minimum absolute atomic E-state index is 0.00880. The quantitative estimate of drug-likeness (QED) is 0.583. The van der Waals surface area contributed by atoms with Crippen LogP contribution in [0.4, 0.5) is 0 Å². The first-order valence-electron chi connectivity index (χ1n) is 10.6. The standard InChI is InChI=1S/C23H26N2O3/c26-21(24-13-16-6-4-5-7-17(16)14-24)15-10-11-19-20(12-15)23(28)25(22(19)27)18-8-2-1-3-9-18/h4-5,10-12,16-18H,1-3,6-9,13-14H2. The van der Waals surface area contributed by atoms with Crippen LogP contribution in [0.2, 0.25) is 0 Å². The van der Waals surface area contributed by atoms with Gasteiger partial charge in [-0.1, -0.05) is 31.4 Å². The van der Waals surface area contributed by atoms with E-state index in [1.807, 2.05) is 4.90 Å². The van der Waals surface area contributed by atoms with E-state index in [-0.39, 0.29) is 23.8 Å². The van der Waals surface area contributed by atoms with Crippen LogP contribution < -0.4 is 0 Å². The van der Waals surface area contributed by atoms with Crippen molar-refractivity contribution in [3.63, 3.8) is 0 Å². The van der Waals surface area contributed by atoms with E-state index in [1.54, 1.807) is 18.2 Å². The maximum Gasteiger partial charge on any atom is 0.261 e. The lowest BCUT2D eigenvalue weighted by Gasteiger charge is -2.29. The zero-order valence-corrected chi connectivity index (χ0v) is 16.1. The molecule has 0 aromatic heterocycles. The topological polar surface area (TPSA) is 57.7 Å². The summed E-state index contributed by atoms with van der Waals surface area (Å²) in [6.07, 6.45) is 11.6. The molecule has 2 unspecified atom stereocenters. The summed E-state index contributed by atoms with van der Waals surface area (Å²) >= 11 is 0. The van der Waals surface area contributed by atoms with Crippen molar-refractivity contribution in [2.45, 2.75) is 51.0 Å². The Morgan fingerprint density at radius 2 is 1.50 bits per heavy atom. The van der Waals surface area contributed by atoms with Gasteiger partial charge in [-0.05, 0) is 55.7 Å². The summed E-state index contributed by atoms with van der Waals surface area (Å²) in [5.74, 6) is 0.667. The summed E-state index contributed by atoms with van der Waals surface area (Å²) in [5.41, 5.74) is 1.38. The van der Waals surface area contributed by atoms with Gasteiger partial charge < -0.3 is 4.90 Å². The number of fused-ring (bicyclic) bond motifs is 2. The highest BCUT2D eigenvalue weighted by atomic mass is 16.2. The summed E-state index contributed by atoms with van der Waals surface area (Å²) in [6.45, 7) is 1.57. The van der Waals surface area contributed by atoms with Crippen LogP contribution in [-0.2, 0) is 0 Å². The number of rotatable bonds is 2. The first-order valence-corrected chi connectivity index (χ1v) is 10.6. The fraction of sp³-hybridized carbons (Fsp3) is 0.522. The predicted molar refractivity (Wildman–Crippen MR) is 105 cm³/mol. The van der Waals surface area contributed by atoms with E-state index in [0.717, 1.165) is 51.6 Å². The highest BCUT2D eigenvalue weighted by Crippen LogP contribution is 2.35. The molecule has 5 heteroatoms. The van der Waals surface area contributed by atoms with Gasteiger partial charge >= 0.3 is 0 Å². The molecule has 2 fully saturated rings. The summed E-state index contributed by atoms with van der Waals surface area (Å²) in [5, 5.41) is 0. The fourth-order valence-electron chi connectivity index (χ4n) is 5.43. The Hall–Kier alpha value is -2.43. The van der Waals surface area contributed by atoms with Gasteiger partial charge in [-0.3, -0.25) is 19.3 Å². The molecule has 3 amide bonds. The molecule has 0 spiro atoms. The second-order valence-electron chi connectivity index (χ2n) is 8.71. The lowest BCUT2D eigenvalue weighted by Crippen LogP contribution is -2.40. The van der Waals surface area contributed by atoms with Crippen molar-refractivity contribution in [1.82, 2.24) is 9.80 Å². The number of carbonyl (C=O) groups is 3. The average Bonchev–Trinajstić information content (AvgIpc) is 3.27. The fourth-order valence-corrected chi connectivity index (χ4v) is 5.43. The van der Waals surface area contributed by atoms with Crippen molar-refractivity contribution in [1.29, 1.82) is 0 Å². The molecule has 28 heavy (non-hydrogen) atoms. The number of carbonyl (C=O) groups excluding carboxylic acids is 3. The van der Waals surface area contributed by atoms with Gasteiger partial charge in [-0.2, -0.15) is 0 Å². The molecule has 0 N–H and O–H groups in total. The minimum atomic E-state index is -0.221. The maximum absolute atomic E-state index is 13.1. The van der Waals surface area contributed by atoms with Gasteiger partial charge in [-0.25, -0.2) is 0 Å². The number of nitrogens with zero attached hydrogens (tertiary/aromatic N) is 2. The summed E-state index contributed by atoms with van der Waals surface area (Å²) in [6, 6.07) is 5.06. The van der Waals surface area contributed by atoms with Crippen molar-refractivity contribution in [2.24, 2.45) is 11.8 Å². The van der Waals surface area contributed by atoms with Gasteiger partial charge in [0.05, 0.1) is 11.1 Å². The van der Waals surface area contributed by atoms with Gasteiger partial charge in [-0.15, -0.1) is 0 Å². The van der Waals surface area contributed by atoms with Crippen LogP contribution in [0.5, 0.6) is 0 Å². The average molecular weight is 378 g/mol. The first-order chi connectivity index (χ1) is 13.6. The number of hydrogen-bond acceptors (Lipinski definition) is 3. The van der Waals surface area contributed by atoms with Crippen molar-refractivity contribution in [3.8, 4) is 0 Å². The van der Waals surface area contributed by atoms with E-state index in [0.29, 0.717) is 28.5 Å². The molecule has 0 radical (unpaired) electrons. The third-order valence-electron chi connectivity index (χ3n) is 7.01. The van der Waals surface area contributed by atoms with Crippen LogP contribution in [0.1, 0.15) is 76.0 Å². The first kappa shape index (κ1) is 17.7. The molecule has 1 aromatic carbocycles. The molecular weight excluding hydrogens is 352 g/mol. The predicted octanol–water partition coefficient (Wildman–Crippen LogP) is 3.65. The zero-order valence-electron chi connectivity index (χ0n) is 16.1. The Labute approximate surface area is 165 Å². The summed E-state index contributed by atoms with van der Waals surface area (Å²) < 4.78 is 0. The Kier molecular flexibility index (Phi) is 4.33. The molecule has 2 atom stereocenters. The van der Waals surface area contributed by atoms with Crippen molar-refractivity contribution in [3.05, 3.63) is 47.0 Å². The van der Waals surface area contributed by atoms with Crippen LogP contribution in [0.25, 0.3) is 0 Å². The molecule has 1 saturated carbocycles. The summed E-state index contributed by atoms with van der Waals surface area (Å²) in [4.78, 5) is 42.2. The number of amides is 3. The molecule has 4 aliphatic rings. The van der Waals surface area contributed by atoms with E-state index >= 15 is 0 Å². The van der Waals surface area contributed by atoms with Gasteiger partial charge in [0, 0.05) is 24.7 Å². The van der Waals surface area contributed by atoms with Gasteiger partial charge in [0.2, 0.25) is 0 Å². The molecule has 1 saturated heterocycles. The molecule has 146 valence electrons. The van der Waals surface area contributed by atoms with E-state index in [9.17, 15) is 14.4 Å². The van der Waals surface area contributed by atoms with E-state index in [1.165, 1.54) is 11.3 Å². The van der Waals surface area contributed by atoms with Crippen LogP contribution >= 0.6 is 0 Å². The van der Waals surface area contributed by atoms with Crippen LogP contribution in [0.15, 0.2) is 30.4 Å². The number of imide groups is 1. The highest BCUT2D eigenvalue weighted by Gasteiger charge is 2.41. The Morgan fingerprint density at radius 3 is 2.18 bits per heavy atom. The number of hydrogen-bond donors (Lipinski definition) is 0. The number of likely N-dealkylation sites (tertiary alicyclic amines) is 1. The van der Waals surface area contributed by atoms with Crippen molar-refractivity contribution >= 4 is 17.7 Å². The largest absolute Gasteiger partial charge is 0.338 e. The van der Waals surface area contributed by atoms with Crippen molar-refractivity contribution in [2.75, 3.05) is 13.1 Å². The Bertz CT molecular complexity index is 853. The molecule has 2 aliphatic carbocycles. The van der Waals surface area contributed by atoms with Gasteiger partial charge in [0.15, 0.2) is 0 Å². The molecule has 5 nitrogen and oxygen atoms in total. The van der Waals surface area contributed by atoms with E-state index in [2.05, 4.69) is 12.2 Å². The van der Waals surface area contributed by atoms with Crippen LogP contribution in [0.3, 0.4) is 0 Å². The highest BCUT2D eigenvalue weighted by molar-refractivity contribution is 6.22. The monoisotopic (exact) mass is 378 g/mol. The van der Waals surface area contributed by atoms with E-state index < -0.39 is 0 Å². The SMILES string of the molecule is O=C(c1ccc2c(c1)C(=O)N(C1CCCCC1)C2=O)N1CC2CC=CCC2C1. The molecular formula is C23H26N2O3. The molecule has 2 aliphatic heterocycles. The Balaban J connectivity index is 1.37. The third-order valence-corrected chi connectivity index (χ3v) is 7.01. The van der Waals surface area contributed by atoms with E-state index in [4.69, 9.17) is 0 Å². The number of allylic oxidation sites excluding steroid dienone is 2. The van der Waals surface area contributed by atoms with Gasteiger partial charge in [0.25, 0.3) is 17.7 Å². The van der Waals surface area contributed by atoms with Crippen LogP contribution in [0, 0.1) is 11.8 Å². The molecule has 5 rings (SSSR count). The third kappa shape index (κ3) is 2.79. The van der Waals surface area contributed by atoms with Crippen molar-refractivity contribution < 1.29 is 14.4 Å². The zero-order chi connectivity index (χ0) is 19.3. The Morgan fingerprint density at radius 1 is 0.857 bits per heavy atom. The minimum Gasteiger partial charge on any atom is -0.338 e. The van der Waals surface area contributed by atoms with Gasteiger partial charge in [0.1, 0.15) is 0 Å². The second-order valence-corrected chi connectivity index (χ2v) is 8.71. The normalized spacial score (nSPS) is 27.3.